The number of hydrogen-bond donors (Lipinski definition) is 2. The SMILES string of the molecule is CCCCNC(=O)c1nc(C(=O)Nc2ccc(OC)cc2)c2ccccn12. The molecule has 3 rings (SSSR count). The van der Waals surface area contributed by atoms with Crippen LogP contribution in [-0.2, 0) is 0 Å². The minimum Gasteiger partial charge on any atom is -0.497 e. The zero-order valence-corrected chi connectivity index (χ0v) is 15.4. The van der Waals surface area contributed by atoms with Gasteiger partial charge in [0, 0.05) is 18.4 Å². The van der Waals surface area contributed by atoms with Crippen LogP contribution >= 0.6 is 0 Å². The summed E-state index contributed by atoms with van der Waals surface area (Å²) >= 11 is 0. The fourth-order valence-corrected chi connectivity index (χ4v) is 2.69. The molecule has 0 saturated carbocycles. The number of methoxy groups -OCH3 is 1. The topological polar surface area (TPSA) is 84.7 Å². The minimum atomic E-state index is -0.378. The van der Waals surface area contributed by atoms with Crippen LogP contribution in [-0.4, -0.2) is 34.9 Å². The quantitative estimate of drug-likeness (QED) is 0.629. The number of carbonyl (C=O) groups excluding carboxylic acids is 2. The van der Waals surface area contributed by atoms with E-state index in [-0.39, 0.29) is 23.3 Å². The Bertz CT molecular complexity index is 948. The molecule has 2 aromatic heterocycles. The molecule has 0 aliphatic heterocycles. The van der Waals surface area contributed by atoms with Crippen LogP contribution in [0.2, 0.25) is 0 Å². The molecule has 0 bridgehead atoms. The number of fused-ring (bicyclic) bond motifs is 1. The molecule has 0 aliphatic carbocycles. The second kappa shape index (κ2) is 8.35. The van der Waals surface area contributed by atoms with Crippen molar-refractivity contribution in [3.8, 4) is 5.75 Å². The van der Waals surface area contributed by atoms with Crippen LogP contribution in [0.15, 0.2) is 48.7 Å². The van der Waals surface area contributed by atoms with E-state index in [0.717, 1.165) is 12.8 Å². The number of nitrogens with one attached hydrogen (secondary N) is 2. The van der Waals surface area contributed by atoms with E-state index in [0.29, 0.717) is 23.5 Å². The Balaban J connectivity index is 1.87. The Morgan fingerprint density at radius 2 is 1.89 bits per heavy atom. The van der Waals surface area contributed by atoms with Crippen LogP contribution in [0.3, 0.4) is 0 Å². The average Bonchev–Trinajstić information content (AvgIpc) is 3.09. The molecule has 2 heterocycles. The predicted molar refractivity (Wildman–Crippen MR) is 103 cm³/mol. The smallest absolute Gasteiger partial charge is 0.287 e. The number of pyridine rings is 1. The zero-order valence-electron chi connectivity index (χ0n) is 15.4. The Morgan fingerprint density at radius 3 is 2.59 bits per heavy atom. The first kappa shape index (κ1) is 18.4. The maximum absolute atomic E-state index is 12.7. The van der Waals surface area contributed by atoms with Crippen molar-refractivity contribution in [2.24, 2.45) is 0 Å². The summed E-state index contributed by atoms with van der Waals surface area (Å²) in [5.74, 6) is 0.220. The summed E-state index contributed by atoms with van der Waals surface area (Å²) in [5, 5.41) is 5.64. The van der Waals surface area contributed by atoms with Gasteiger partial charge in [-0.2, -0.15) is 0 Å². The molecule has 0 unspecified atom stereocenters. The molecular weight excluding hydrogens is 344 g/mol. The summed E-state index contributed by atoms with van der Waals surface area (Å²) in [6.45, 7) is 2.63. The minimum absolute atomic E-state index is 0.196. The third kappa shape index (κ3) is 4.08. The lowest BCUT2D eigenvalue weighted by atomic mass is 10.2. The lowest BCUT2D eigenvalue weighted by molar-refractivity contribution is 0.0942. The predicted octanol–water partition coefficient (Wildman–Crippen LogP) is 3.13. The molecule has 2 N–H and O–H groups in total. The van der Waals surface area contributed by atoms with Crippen LogP contribution in [0, 0.1) is 0 Å². The number of amides is 2. The maximum atomic E-state index is 12.7. The van der Waals surface area contributed by atoms with Crippen LogP contribution in [0.5, 0.6) is 5.75 Å². The fourth-order valence-electron chi connectivity index (χ4n) is 2.69. The second-order valence-electron chi connectivity index (χ2n) is 6.03. The van der Waals surface area contributed by atoms with E-state index in [1.54, 1.807) is 60.2 Å². The number of carbonyl (C=O) groups is 2. The third-order valence-electron chi connectivity index (χ3n) is 4.13. The number of ether oxygens (including phenoxy) is 1. The number of aromatic nitrogens is 2. The molecule has 0 saturated heterocycles. The van der Waals surface area contributed by atoms with Gasteiger partial charge in [-0.05, 0) is 42.8 Å². The van der Waals surface area contributed by atoms with Crippen molar-refractivity contribution in [3.05, 3.63) is 60.2 Å². The highest BCUT2D eigenvalue weighted by Gasteiger charge is 2.21. The zero-order chi connectivity index (χ0) is 19.2. The normalized spacial score (nSPS) is 10.6. The summed E-state index contributed by atoms with van der Waals surface area (Å²) in [5.41, 5.74) is 1.39. The highest BCUT2D eigenvalue weighted by atomic mass is 16.5. The highest BCUT2D eigenvalue weighted by molar-refractivity contribution is 6.08. The van der Waals surface area contributed by atoms with E-state index in [1.807, 2.05) is 0 Å². The molecule has 3 aromatic rings. The third-order valence-corrected chi connectivity index (χ3v) is 4.13. The van der Waals surface area contributed by atoms with Gasteiger partial charge in [-0.15, -0.1) is 0 Å². The number of anilines is 1. The molecule has 0 radical (unpaired) electrons. The average molecular weight is 366 g/mol. The summed E-state index contributed by atoms with van der Waals surface area (Å²) < 4.78 is 6.74. The monoisotopic (exact) mass is 366 g/mol. The van der Waals surface area contributed by atoms with Crippen LogP contribution in [0.1, 0.15) is 40.9 Å². The van der Waals surface area contributed by atoms with Gasteiger partial charge >= 0.3 is 0 Å². The molecule has 1 aromatic carbocycles. The van der Waals surface area contributed by atoms with Crippen molar-refractivity contribution in [2.45, 2.75) is 19.8 Å². The lowest BCUT2D eigenvalue weighted by Crippen LogP contribution is -2.26. The molecule has 0 atom stereocenters. The number of imidazole rings is 1. The van der Waals surface area contributed by atoms with Crippen molar-refractivity contribution in [1.82, 2.24) is 14.7 Å². The molecule has 7 nitrogen and oxygen atoms in total. The van der Waals surface area contributed by atoms with Gasteiger partial charge in [0.05, 0.1) is 12.6 Å². The summed E-state index contributed by atoms with van der Waals surface area (Å²) in [6.07, 6.45) is 3.60. The second-order valence-corrected chi connectivity index (χ2v) is 6.03. The first-order valence-electron chi connectivity index (χ1n) is 8.84. The Labute approximate surface area is 157 Å². The van der Waals surface area contributed by atoms with Crippen molar-refractivity contribution < 1.29 is 14.3 Å². The summed E-state index contributed by atoms with van der Waals surface area (Å²) in [4.78, 5) is 29.5. The molecule has 0 fully saturated rings. The molecule has 2 amide bonds. The molecular formula is C20H22N4O3. The van der Waals surface area contributed by atoms with E-state index in [4.69, 9.17) is 4.74 Å². The van der Waals surface area contributed by atoms with Crippen molar-refractivity contribution in [1.29, 1.82) is 0 Å². The fraction of sp³-hybridized carbons (Fsp3) is 0.250. The van der Waals surface area contributed by atoms with E-state index in [1.165, 1.54) is 0 Å². The van der Waals surface area contributed by atoms with Gasteiger partial charge in [0.25, 0.3) is 11.8 Å². The first-order valence-corrected chi connectivity index (χ1v) is 8.84. The van der Waals surface area contributed by atoms with Crippen LogP contribution in [0.25, 0.3) is 5.52 Å². The molecule has 27 heavy (non-hydrogen) atoms. The van der Waals surface area contributed by atoms with Gasteiger partial charge in [-0.3, -0.25) is 14.0 Å². The molecule has 140 valence electrons. The van der Waals surface area contributed by atoms with Gasteiger partial charge in [-0.25, -0.2) is 4.98 Å². The van der Waals surface area contributed by atoms with Gasteiger partial charge in [0.1, 0.15) is 5.75 Å². The molecule has 7 heteroatoms. The van der Waals surface area contributed by atoms with Gasteiger partial charge in [0.15, 0.2) is 5.69 Å². The van der Waals surface area contributed by atoms with Crippen molar-refractivity contribution in [2.75, 3.05) is 19.0 Å². The largest absolute Gasteiger partial charge is 0.497 e. The highest BCUT2D eigenvalue weighted by Crippen LogP contribution is 2.18. The number of rotatable bonds is 7. The molecule has 0 aliphatic rings. The number of hydrogen-bond acceptors (Lipinski definition) is 4. The van der Waals surface area contributed by atoms with Gasteiger partial charge < -0.3 is 15.4 Å². The lowest BCUT2D eigenvalue weighted by Gasteiger charge is -2.05. The van der Waals surface area contributed by atoms with Crippen molar-refractivity contribution in [3.63, 3.8) is 0 Å². The van der Waals surface area contributed by atoms with E-state index >= 15 is 0 Å². The van der Waals surface area contributed by atoms with Crippen molar-refractivity contribution >= 4 is 23.0 Å². The summed E-state index contributed by atoms with van der Waals surface area (Å²) in [6, 6.07) is 12.4. The van der Waals surface area contributed by atoms with Gasteiger partial charge in [0.2, 0.25) is 5.82 Å². The Morgan fingerprint density at radius 1 is 1.11 bits per heavy atom. The first-order chi connectivity index (χ1) is 13.1. The Kier molecular flexibility index (Phi) is 5.71. The van der Waals surface area contributed by atoms with Crippen LogP contribution < -0.4 is 15.4 Å². The van der Waals surface area contributed by atoms with E-state index < -0.39 is 0 Å². The summed E-state index contributed by atoms with van der Waals surface area (Å²) in [7, 11) is 1.58. The number of benzene rings is 1. The number of unbranched alkanes of at least 4 members (excludes halogenated alkanes) is 1. The van der Waals surface area contributed by atoms with E-state index in [9.17, 15) is 9.59 Å². The number of nitrogens with zero attached hydrogens (tertiary/aromatic N) is 2. The van der Waals surface area contributed by atoms with Crippen LogP contribution in [0.4, 0.5) is 5.69 Å². The standard InChI is InChI=1S/C20H22N4O3/c1-3-4-12-21-20(26)18-23-17(16-7-5-6-13-24(16)18)19(25)22-14-8-10-15(27-2)11-9-14/h5-11,13H,3-4,12H2,1-2H3,(H,21,26)(H,22,25). The van der Waals surface area contributed by atoms with Gasteiger partial charge in [-0.1, -0.05) is 19.4 Å². The maximum Gasteiger partial charge on any atom is 0.287 e. The Hall–Kier alpha value is -3.35. The molecule has 0 spiro atoms. The van der Waals surface area contributed by atoms with E-state index in [2.05, 4.69) is 22.5 Å².